The third-order valence-corrected chi connectivity index (χ3v) is 5.43. The summed E-state index contributed by atoms with van der Waals surface area (Å²) >= 11 is 1.74. The Balaban J connectivity index is 0.000000460. The summed E-state index contributed by atoms with van der Waals surface area (Å²) in [5.41, 5.74) is 0. The molecule has 142 valence electrons. The SMILES string of the molecule is Cc1nnc(CN2CCC(C3CCNCC3)CC2)s1.O=CO.O=CO. The molecule has 0 spiro atoms. The van der Waals surface area contributed by atoms with Crippen molar-refractivity contribution in [2.45, 2.75) is 39.2 Å². The zero-order chi connectivity index (χ0) is 18.5. The van der Waals surface area contributed by atoms with Gasteiger partial charge in [0.15, 0.2) is 0 Å². The molecule has 0 aromatic carbocycles. The van der Waals surface area contributed by atoms with Gasteiger partial charge in [-0.1, -0.05) is 0 Å². The van der Waals surface area contributed by atoms with Crippen LogP contribution < -0.4 is 5.32 Å². The molecule has 0 bridgehead atoms. The van der Waals surface area contributed by atoms with Crippen molar-refractivity contribution in [3.63, 3.8) is 0 Å². The van der Waals surface area contributed by atoms with E-state index in [0.717, 1.165) is 23.4 Å². The van der Waals surface area contributed by atoms with E-state index in [-0.39, 0.29) is 12.9 Å². The molecule has 0 unspecified atom stereocenters. The summed E-state index contributed by atoms with van der Waals surface area (Å²) in [4.78, 5) is 19.3. The van der Waals surface area contributed by atoms with Crippen molar-refractivity contribution in [2.75, 3.05) is 26.2 Å². The molecule has 0 aliphatic carbocycles. The molecule has 2 saturated heterocycles. The summed E-state index contributed by atoms with van der Waals surface area (Å²) in [6, 6.07) is 0. The van der Waals surface area contributed by atoms with E-state index in [1.165, 1.54) is 56.9 Å². The van der Waals surface area contributed by atoms with Crippen LogP contribution in [0.1, 0.15) is 35.7 Å². The topological polar surface area (TPSA) is 116 Å². The molecule has 1 aromatic rings. The second kappa shape index (κ2) is 12.7. The van der Waals surface area contributed by atoms with Crippen LogP contribution in [0.5, 0.6) is 0 Å². The first-order valence-electron chi connectivity index (χ1n) is 8.52. The van der Waals surface area contributed by atoms with Gasteiger partial charge >= 0.3 is 0 Å². The number of nitrogens with one attached hydrogen (secondary N) is 1. The van der Waals surface area contributed by atoms with Gasteiger partial charge in [-0.15, -0.1) is 21.5 Å². The molecule has 3 N–H and O–H groups in total. The molecule has 1 aromatic heterocycles. The summed E-state index contributed by atoms with van der Waals surface area (Å²) in [6.45, 7) is 7.49. The maximum absolute atomic E-state index is 8.36. The fourth-order valence-electron chi connectivity index (χ4n) is 3.49. The van der Waals surface area contributed by atoms with Crippen molar-refractivity contribution < 1.29 is 19.8 Å². The van der Waals surface area contributed by atoms with Crippen LogP contribution >= 0.6 is 11.3 Å². The highest BCUT2D eigenvalue weighted by Crippen LogP contribution is 2.31. The van der Waals surface area contributed by atoms with Crippen LogP contribution in [0, 0.1) is 18.8 Å². The van der Waals surface area contributed by atoms with Crippen LogP contribution in [0.3, 0.4) is 0 Å². The molecule has 0 radical (unpaired) electrons. The first-order valence-corrected chi connectivity index (χ1v) is 9.34. The molecule has 9 heteroatoms. The number of aromatic nitrogens is 2. The van der Waals surface area contributed by atoms with Gasteiger partial charge in [-0.2, -0.15) is 0 Å². The van der Waals surface area contributed by atoms with Crippen molar-refractivity contribution in [3.8, 4) is 0 Å². The Labute approximate surface area is 152 Å². The second-order valence-electron chi connectivity index (χ2n) is 6.13. The van der Waals surface area contributed by atoms with Crippen LogP contribution in [0.4, 0.5) is 0 Å². The van der Waals surface area contributed by atoms with Gasteiger partial charge in [-0.25, -0.2) is 0 Å². The minimum absolute atomic E-state index is 0.250. The molecule has 0 atom stereocenters. The standard InChI is InChI=1S/C14H24N4S.2CH2O2/c1-11-16-17-14(19-11)10-18-8-4-13(5-9-18)12-2-6-15-7-3-12;2*2-1-3/h12-13,15H,2-10H2,1H3;2*1H,(H,2,3). The van der Waals surface area contributed by atoms with E-state index in [1.54, 1.807) is 11.3 Å². The molecule has 0 amide bonds. The van der Waals surface area contributed by atoms with E-state index >= 15 is 0 Å². The average Bonchev–Trinajstić information content (AvgIpc) is 3.03. The van der Waals surface area contributed by atoms with Crippen molar-refractivity contribution in [1.82, 2.24) is 20.4 Å². The molecule has 8 nitrogen and oxygen atoms in total. The lowest BCUT2D eigenvalue weighted by atomic mass is 9.79. The van der Waals surface area contributed by atoms with E-state index in [2.05, 4.69) is 20.4 Å². The Bertz CT molecular complexity index is 480. The summed E-state index contributed by atoms with van der Waals surface area (Å²) in [6.07, 6.45) is 5.53. The lowest BCUT2D eigenvalue weighted by Gasteiger charge is -2.37. The first kappa shape index (κ1) is 21.5. The maximum Gasteiger partial charge on any atom is 0.290 e. The van der Waals surface area contributed by atoms with Gasteiger partial charge in [0.1, 0.15) is 10.0 Å². The van der Waals surface area contributed by atoms with Crippen molar-refractivity contribution >= 4 is 24.3 Å². The molecule has 2 fully saturated rings. The highest BCUT2D eigenvalue weighted by atomic mass is 32.1. The van der Waals surface area contributed by atoms with E-state index in [4.69, 9.17) is 19.8 Å². The quantitative estimate of drug-likeness (QED) is 0.683. The average molecular weight is 372 g/mol. The first-order chi connectivity index (χ1) is 12.1. The number of carboxylic acid groups (broad SMARTS) is 2. The number of carbonyl (C=O) groups is 2. The molecular formula is C16H28N4O4S. The lowest BCUT2D eigenvalue weighted by Crippen LogP contribution is -2.39. The van der Waals surface area contributed by atoms with Gasteiger partial charge < -0.3 is 15.5 Å². The fraction of sp³-hybridized carbons (Fsp3) is 0.750. The van der Waals surface area contributed by atoms with Gasteiger partial charge in [-0.05, 0) is 70.6 Å². The van der Waals surface area contributed by atoms with Crippen LogP contribution in [-0.2, 0) is 16.1 Å². The van der Waals surface area contributed by atoms with Crippen molar-refractivity contribution in [1.29, 1.82) is 0 Å². The van der Waals surface area contributed by atoms with E-state index in [1.807, 2.05) is 6.92 Å². The Kier molecular flexibility index (Phi) is 10.9. The second-order valence-corrected chi connectivity index (χ2v) is 7.39. The van der Waals surface area contributed by atoms with Gasteiger partial charge in [0, 0.05) is 0 Å². The zero-order valence-electron chi connectivity index (χ0n) is 14.6. The molecule has 25 heavy (non-hydrogen) atoms. The van der Waals surface area contributed by atoms with Gasteiger partial charge in [0.25, 0.3) is 12.9 Å². The monoisotopic (exact) mass is 372 g/mol. The van der Waals surface area contributed by atoms with Crippen LogP contribution in [0.2, 0.25) is 0 Å². The number of hydrogen-bond donors (Lipinski definition) is 3. The molecule has 3 heterocycles. The lowest BCUT2D eigenvalue weighted by molar-refractivity contribution is -0.123. The predicted octanol–water partition coefficient (Wildman–Crippen LogP) is 1.46. The third-order valence-electron chi connectivity index (χ3n) is 4.61. The van der Waals surface area contributed by atoms with Crippen molar-refractivity contribution in [2.24, 2.45) is 11.8 Å². The number of rotatable bonds is 3. The summed E-state index contributed by atoms with van der Waals surface area (Å²) < 4.78 is 0. The van der Waals surface area contributed by atoms with Gasteiger partial charge in [-0.3, -0.25) is 14.5 Å². The van der Waals surface area contributed by atoms with Gasteiger partial charge in [0.2, 0.25) is 0 Å². The molecule has 3 rings (SSSR count). The Morgan fingerprint density at radius 2 is 1.60 bits per heavy atom. The van der Waals surface area contributed by atoms with E-state index in [0.29, 0.717) is 0 Å². The minimum atomic E-state index is -0.250. The molecular weight excluding hydrogens is 344 g/mol. The highest BCUT2D eigenvalue weighted by Gasteiger charge is 2.27. The molecule has 2 aliphatic rings. The normalized spacial score (nSPS) is 19.1. The number of piperidine rings is 2. The van der Waals surface area contributed by atoms with Crippen LogP contribution in [0.25, 0.3) is 0 Å². The smallest absolute Gasteiger partial charge is 0.290 e. The fourth-order valence-corrected chi connectivity index (χ4v) is 4.24. The number of aryl methyl sites for hydroxylation is 1. The summed E-state index contributed by atoms with van der Waals surface area (Å²) in [5.74, 6) is 1.95. The number of hydrogen-bond acceptors (Lipinski definition) is 7. The van der Waals surface area contributed by atoms with Crippen LogP contribution in [-0.4, -0.2) is 64.4 Å². The zero-order valence-corrected chi connectivity index (χ0v) is 15.5. The van der Waals surface area contributed by atoms with E-state index < -0.39 is 0 Å². The summed E-state index contributed by atoms with van der Waals surface area (Å²) in [5, 5.41) is 27.9. The molecule has 0 saturated carbocycles. The number of nitrogens with zero attached hydrogens (tertiary/aromatic N) is 3. The number of likely N-dealkylation sites (tertiary alicyclic amines) is 1. The van der Waals surface area contributed by atoms with Crippen molar-refractivity contribution in [3.05, 3.63) is 10.0 Å². The Hall–Kier alpha value is -1.58. The predicted molar refractivity (Wildman–Crippen MR) is 95.6 cm³/mol. The Morgan fingerprint density at radius 3 is 2.08 bits per heavy atom. The largest absolute Gasteiger partial charge is 0.483 e. The molecule has 2 aliphatic heterocycles. The van der Waals surface area contributed by atoms with Crippen LogP contribution in [0.15, 0.2) is 0 Å². The maximum atomic E-state index is 8.36. The Morgan fingerprint density at radius 1 is 1.08 bits per heavy atom. The third kappa shape index (κ3) is 8.37. The van der Waals surface area contributed by atoms with E-state index in [9.17, 15) is 0 Å². The highest BCUT2D eigenvalue weighted by molar-refractivity contribution is 7.11. The summed E-state index contributed by atoms with van der Waals surface area (Å²) in [7, 11) is 0. The van der Waals surface area contributed by atoms with Gasteiger partial charge in [0.05, 0.1) is 6.54 Å². The minimum Gasteiger partial charge on any atom is -0.483 e.